The molecule has 0 bridgehead atoms. The maximum atomic E-state index is 13.3. The summed E-state index contributed by atoms with van der Waals surface area (Å²) in [5, 5.41) is 5.09. The molecule has 0 unspecified atom stereocenters. The normalized spacial score (nSPS) is 19.5. The molecule has 35 heavy (non-hydrogen) atoms. The first-order valence-corrected chi connectivity index (χ1v) is 11.0. The third-order valence-corrected chi connectivity index (χ3v) is 6.08. The number of aryl methyl sites for hydroxylation is 1. The smallest absolute Gasteiger partial charge is 0.416 e. The lowest BCUT2D eigenvalue weighted by atomic mass is 9.76. The largest absolute Gasteiger partial charge is 0.489 e. The van der Waals surface area contributed by atoms with Crippen molar-refractivity contribution in [2.75, 3.05) is 32.2 Å². The number of nitrogens with zero attached hydrogens (tertiary/aromatic N) is 1. The summed E-state index contributed by atoms with van der Waals surface area (Å²) in [6.07, 6.45) is -2.81. The molecule has 2 N–H and O–H groups in total. The van der Waals surface area contributed by atoms with E-state index < -0.39 is 41.7 Å². The van der Waals surface area contributed by atoms with Crippen molar-refractivity contribution in [1.29, 1.82) is 0 Å². The van der Waals surface area contributed by atoms with Crippen molar-refractivity contribution in [3.63, 3.8) is 0 Å². The maximum absolute atomic E-state index is 13.3. The van der Waals surface area contributed by atoms with Crippen LogP contribution in [0.3, 0.4) is 0 Å². The average molecular weight is 491 g/mol. The van der Waals surface area contributed by atoms with E-state index in [1.54, 1.807) is 12.1 Å². The van der Waals surface area contributed by atoms with E-state index in [0.717, 1.165) is 35.1 Å². The minimum Gasteiger partial charge on any atom is -0.489 e. The molecule has 1 heterocycles. The summed E-state index contributed by atoms with van der Waals surface area (Å²) in [5.41, 5.74) is -0.832. The minimum absolute atomic E-state index is 0.00159. The third-order valence-electron chi connectivity index (χ3n) is 6.08. The highest BCUT2D eigenvalue weighted by molar-refractivity contribution is 6.10. The minimum atomic E-state index is -4.64. The van der Waals surface area contributed by atoms with Gasteiger partial charge in [0.25, 0.3) is 5.91 Å². The van der Waals surface area contributed by atoms with E-state index in [2.05, 4.69) is 10.6 Å². The first-order chi connectivity index (χ1) is 16.7. The Hall–Kier alpha value is -3.60. The summed E-state index contributed by atoms with van der Waals surface area (Å²) < 4.78 is 49.9. The Balaban J connectivity index is 1.54. The first-order valence-electron chi connectivity index (χ1n) is 11.0. The van der Waals surface area contributed by atoms with Crippen molar-refractivity contribution >= 4 is 23.5 Å². The molecule has 2 aliphatic rings. The van der Waals surface area contributed by atoms with E-state index in [1.165, 1.54) is 7.11 Å². The Morgan fingerprint density at radius 1 is 1.17 bits per heavy atom. The zero-order valence-corrected chi connectivity index (χ0v) is 18.9. The maximum Gasteiger partial charge on any atom is 0.416 e. The van der Waals surface area contributed by atoms with Crippen LogP contribution in [-0.4, -0.2) is 49.6 Å². The lowest BCUT2D eigenvalue weighted by Crippen LogP contribution is -2.47. The highest BCUT2D eigenvalue weighted by atomic mass is 19.4. The van der Waals surface area contributed by atoms with Crippen molar-refractivity contribution in [2.45, 2.75) is 31.0 Å². The van der Waals surface area contributed by atoms with Crippen LogP contribution in [0, 0.1) is 0 Å². The second-order valence-electron chi connectivity index (χ2n) is 8.34. The van der Waals surface area contributed by atoms with E-state index in [4.69, 9.17) is 9.47 Å². The fourth-order valence-corrected chi connectivity index (χ4v) is 4.45. The van der Waals surface area contributed by atoms with Gasteiger partial charge in [-0.15, -0.1) is 0 Å². The van der Waals surface area contributed by atoms with Crippen LogP contribution < -0.4 is 15.4 Å². The summed E-state index contributed by atoms with van der Waals surface area (Å²) in [4.78, 5) is 39.6. The molecule has 1 atom stereocenters. The Labute approximate surface area is 199 Å². The summed E-state index contributed by atoms with van der Waals surface area (Å²) >= 11 is 0. The van der Waals surface area contributed by atoms with E-state index in [1.807, 2.05) is 12.1 Å². The molecule has 4 amide bonds. The van der Waals surface area contributed by atoms with E-state index >= 15 is 0 Å². The van der Waals surface area contributed by atoms with Gasteiger partial charge in [0.1, 0.15) is 24.4 Å². The molecule has 186 valence electrons. The van der Waals surface area contributed by atoms with E-state index in [-0.39, 0.29) is 24.7 Å². The number of urea groups is 1. The van der Waals surface area contributed by atoms with Gasteiger partial charge >= 0.3 is 12.2 Å². The van der Waals surface area contributed by atoms with E-state index in [9.17, 15) is 27.6 Å². The molecule has 1 spiro atoms. The number of anilines is 1. The highest BCUT2D eigenvalue weighted by Gasteiger charge is 2.54. The molecular weight excluding hydrogens is 467 g/mol. The summed E-state index contributed by atoms with van der Waals surface area (Å²) in [6.45, 7) is -0.442. The van der Waals surface area contributed by atoms with Gasteiger partial charge in [-0.3, -0.25) is 14.5 Å². The molecular formula is C24H24F3N3O5. The Morgan fingerprint density at radius 3 is 2.69 bits per heavy atom. The van der Waals surface area contributed by atoms with Crippen LogP contribution in [0.4, 0.5) is 23.7 Å². The van der Waals surface area contributed by atoms with Gasteiger partial charge in [-0.1, -0.05) is 24.3 Å². The number of fused-ring (bicyclic) bond motifs is 2. The van der Waals surface area contributed by atoms with Gasteiger partial charge in [-0.25, -0.2) is 4.79 Å². The predicted molar refractivity (Wildman–Crippen MR) is 119 cm³/mol. The first kappa shape index (κ1) is 24.5. The number of carbonyl (C=O) groups is 3. The quantitative estimate of drug-likeness (QED) is 0.457. The second kappa shape index (κ2) is 9.57. The molecule has 2 aromatic carbocycles. The highest BCUT2D eigenvalue weighted by Crippen LogP contribution is 2.40. The molecule has 1 saturated heterocycles. The van der Waals surface area contributed by atoms with Gasteiger partial charge in [0.05, 0.1) is 17.9 Å². The van der Waals surface area contributed by atoms with Crippen molar-refractivity contribution in [1.82, 2.24) is 10.2 Å². The lowest BCUT2D eigenvalue weighted by molar-refractivity contribution is -0.137. The number of amides is 4. The van der Waals surface area contributed by atoms with Crippen molar-refractivity contribution in [3.8, 4) is 5.75 Å². The summed E-state index contributed by atoms with van der Waals surface area (Å²) in [6, 6.07) is 9.24. The van der Waals surface area contributed by atoms with Crippen LogP contribution in [-0.2, 0) is 32.5 Å². The van der Waals surface area contributed by atoms with Gasteiger partial charge in [0.15, 0.2) is 0 Å². The summed E-state index contributed by atoms with van der Waals surface area (Å²) in [5.74, 6) is -1.41. The number of rotatable bonds is 7. The molecule has 1 aliphatic carbocycles. The van der Waals surface area contributed by atoms with Crippen LogP contribution in [0.1, 0.15) is 29.5 Å². The van der Waals surface area contributed by atoms with Crippen LogP contribution in [0.25, 0.3) is 0 Å². The van der Waals surface area contributed by atoms with Crippen molar-refractivity contribution in [3.05, 3.63) is 59.2 Å². The van der Waals surface area contributed by atoms with Crippen molar-refractivity contribution in [2.24, 2.45) is 0 Å². The number of benzene rings is 2. The van der Waals surface area contributed by atoms with Crippen LogP contribution in [0.15, 0.2) is 42.5 Å². The zero-order chi connectivity index (χ0) is 25.2. The van der Waals surface area contributed by atoms with Crippen molar-refractivity contribution < 1.29 is 37.0 Å². The molecule has 0 aromatic heterocycles. The molecule has 2 aromatic rings. The fourth-order valence-electron chi connectivity index (χ4n) is 4.45. The lowest BCUT2D eigenvalue weighted by Gasteiger charge is -2.33. The number of imide groups is 1. The third kappa shape index (κ3) is 4.81. The van der Waals surface area contributed by atoms with Crippen LogP contribution in [0.2, 0.25) is 0 Å². The van der Waals surface area contributed by atoms with Crippen LogP contribution >= 0.6 is 0 Å². The number of nitrogens with one attached hydrogen (secondary N) is 2. The van der Waals surface area contributed by atoms with Gasteiger partial charge < -0.3 is 20.1 Å². The Morgan fingerprint density at radius 2 is 1.94 bits per heavy atom. The number of halogens is 3. The SMILES string of the molecule is COCCOc1ccc(C(F)(F)F)cc1NC(=O)CN1C(=O)N[C@@]2(CCCc3ccccc32)C1=O. The average Bonchev–Trinajstić information content (AvgIpc) is 3.04. The number of hydrogen-bond acceptors (Lipinski definition) is 5. The van der Waals surface area contributed by atoms with Gasteiger partial charge in [-0.2, -0.15) is 13.2 Å². The van der Waals surface area contributed by atoms with Gasteiger partial charge in [-0.05, 0) is 48.6 Å². The standard InChI is InChI=1S/C24H24F3N3O5/c1-34-11-12-35-19-9-8-16(24(25,26)27)13-18(19)28-20(31)14-30-21(32)23(29-22(30)33)10-4-6-15-5-2-3-7-17(15)23/h2-3,5,7-9,13H,4,6,10-12,14H2,1H3,(H,28,31)(H,29,33)/t23-/m1/s1. The van der Waals surface area contributed by atoms with E-state index in [0.29, 0.717) is 18.4 Å². The second-order valence-corrected chi connectivity index (χ2v) is 8.34. The topological polar surface area (TPSA) is 97.0 Å². The number of carbonyl (C=O) groups excluding carboxylic acids is 3. The van der Waals surface area contributed by atoms with Gasteiger partial charge in [0.2, 0.25) is 5.91 Å². The zero-order valence-electron chi connectivity index (χ0n) is 18.9. The fraction of sp³-hybridized carbons (Fsp3) is 0.375. The molecule has 0 saturated carbocycles. The Bertz CT molecular complexity index is 1150. The number of alkyl halides is 3. The molecule has 8 nitrogen and oxygen atoms in total. The number of methoxy groups -OCH3 is 1. The van der Waals surface area contributed by atoms with Gasteiger partial charge in [0, 0.05) is 7.11 Å². The molecule has 4 rings (SSSR count). The molecule has 0 radical (unpaired) electrons. The Kier molecular flexibility index (Phi) is 6.70. The number of hydrogen-bond donors (Lipinski definition) is 2. The predicted octanol–water partition coefficient (Wildman–Crippen LogP) is 3.45. The number of ether oxygens (including phenoxy) is 2. The summed E-state index contributed by atoms with van der Waals surface area (Å²) in [7, 11) is 1.44. The molecule has 11 heteroatoms. The van der Waals surface area contributed by atoms with Crippen LogP contribution in [0.5, 0.6) is 5.75 Å². The molecule has 1 fully saturated rings. The monoisotopic (exact) mass is 491 g/mol. The molecule has 1 aliphatic heterocycles.